The van der Waals surface area contributed by atoms with E-state index in [1.165, 1.54) is 12.3 Å². The van der Waals surface area contributed by atoms with E-state index in [1.54, 1.807) is 18.3 Å². The first-order chi connectivity index (χ1) is 14.0. The van der Waals surface area contributed by atoms with Gasteiger partial charge in [-0.15, -0.1) is 0 Å². The molecule has 0 saturated heterocycles. The third-order valence-electron chi connectivity index (χ3n) is 4.79. The molecule has 0 unspecified atom stereocenters. The predicted molar refractivity (Wildman–Crippen MR) is 107 cm³/mol. The Labute approximate surface area is 166 Å². The number of ketones is 1. The molecular formula is C24H17F2NO2. The van der Waals surface area contributed by atoms with Crippen molar-refractivity contribution in [2.75, 3.05) is 0 Å². The molecule has 1 heterocycles. The normalized spacial score (nSPS) is 10.9. The summed E-state index contributed by atoms with van der Waals surface area (Å²) in [6, 6.07) is 16.7. The molecule has 0 fully saturated rings. The van der Waals surface area contributed by atoms with E-state index < -0.39 is 23.0 Å². The van der Waals surface area contributed by atoms with Gasteiger partial charge in [0.05, 0.1) is 11.8 Å². The third-order valence-corrected chi connectivity index (χ3v) is 4.79. The maximum absolute atomic E-state index is 13.8. The molecule has 0 N–H and O–H groups in total. The van der Waals surface area contributed by atoms with Gasteiger partial charge in [-0.25, -0.2) is 13.8 Å². The number of hydrogen-bond acceptors (Lipinski definition) is 3. The zero-order valence-corrected chi connectivity index (χ0v) is 15.7. The van der Waals surface area contributed by atoms with E-state index in [9.17, 15) is 13.6 Å². The van der Waals surface area contributed by atoms with Crippen molar-refractivity contribution < 1.29 is 18.0 Å². The number of carbonyl (C=O) groups is 1. The molecule has 0 aliphatic heterocycles. The van der Waals surface area contributed by atoms with Crippen LogP contribution >= 0.6 is 0 Å². The summed E-state index contributed by atoms with van der Waals surface area (Å²) >= 11 is 0. The molecule has 4 rings (SSSR count). The fourth-order valence-corrected chi connectivity index (χ4v) is 3.27. The van der Waals surface area contributed by atoms with E-state index in [-0.39, 0.29) is 6.42 Å². The van der Waals surface area contributed by atoms with Crippen molar-refractivity contribution in [2.24, 2.45) is 0 Å². The van der Waals surface area contributed by atoms with Crippen molar-refractivity contribution in [3.8, 4) is 22.6 Å². The number of aromatic nitrogens is 1. The average molecular weight is 389 g/mol. The molecule has 0 aliphatic carbocycles. The molecule has 0 saturated carbocycles. The quantitative estimate of drug-likeness (QED) is 0.392. The fraction of sp³-hybridized carbons (Fsp3) is 0.0833. The van der Waals surface area contributed by atoms with Crippen LogP contribution in [0.25, 0.3) is 22.6 Å². The van der Waals surface area contributed by atoms with Crippen LogP contribution in [-0.2, 0) is 6.42 Å². The van der Waals surface area contributed by atoms with Crippen molar-refractivity contribution in [3.63, 3.8) is 0 Å². The average Bonchev–Trinajstić information content (AvgIpc) is 3.24. The largest absolute Gasteiger partial charge is 0.445 e. The van der Waals surface area contributed by atoms with E-state index in [0.717, 1.165) is 34.4 Å². The first kappa shape index (κ1) is 18.7. The number of oxazole rings is 1. The molecule has 29 heavy (non-hydrogen) atoms. The second-order valence-electron chi connectivity index (χ2n) is 6.76. The number of benzene rings is 3. The highest BCUT2D eigenvalue weighted by molar-refractivity contribution is 5.98. The molecule has 1 aromatic heterocycles. The second kappa shape index (κ2) is 7.80. The van der Waals surface area contributed by atoms with Gasteiger partial charge in [0.25, 0.3) is 0 Å². The molecule has 3 nitrogen and oxygen atoms in total. The Balaban J connectivity index is 1.59. The van der Waals surface area contributed by atoms with Crippen LogP contribution in [0.1, 0.15) is 21.5 Å². The van der Waals surface area contributed by atoms with Crippen molar-refractivity contribution in [2.45, 2.75) is 13.3 Å². The van der Waals surface area contributed by atoms with Crippen LogP contribution in [0, 0.1) is 18.6 Å². The van der Waals surface area contributed by atoms with E-state index in [0.29, 0.717) is 11.5 Å². The molecule has 0 spiro atoms. The van der Waals surface area contributed by atoms with Crippen molar-refractivity contribution in [1.82, 2.24) is 4.98 Å². The summed E-state index contributed by atoms with van der Waals surface area (Å²) < 4.78 is 33.0. The Morgan fingerprint density at radius 1 is 0.966 bits per heavy atom. The van der Waals surface area contributed by atoms with E-state index in [1.807, 2.05) is 37.3 Å². The fourth-order valence-electron chi connectivity index (χ4n) is 3.27. The number of halogens is 2. The SMILES string of the molecule is Cc1ccc(-c2ncco2)cc1-c1ccc(CC(=O)c2c(F)cccc2F)cc1. The molecule has 4 aromatic rings. The number of carbonyl (C=O) groups excluding carboxylic acids is 1. The first-order valence-electron chi connectivity index (χ1n) is 9.10. The highest BCUT2D eigenvalue weighted by Crippen LogP contribution is 2.29. The number of nitrogens with zero attached hydrogens (tertiary/aromatic N) is 1. The van der Waals surface area contributed by atoms with Crippen LogP contribution in [0.15, 0.2) is 77.5 Å². The summed E-state index contributed by atoms with van der Waals surface area (Å²) in [5.74, 6) is -1.73. The summed E-state index contributed by atoms with van der Waals surface area (Å²) in [6.07, 6.45) is 3.05. The standard InChI is InChI=1S/C24H17F2NO2/c1-15-5-8-18(24-27-11-12-29-24)14-19(15)17-9-6-16(7-10-17)13-22(28)23-20(25)3-2-4-21(23)26/h2-12,14H,13H2,1H3. The van der Waals surface area contributed by atoms with E-state index in [2.05, 4.69) is 4.98 Å². The van der Waals surface area contributed by atoms with E-state index in [4.69, 9.17) is 4.42 Å². The lowest BCUT2D eigenvalue weighted by Crippen LogP contribution is -2.09. The molecule has 0 aliphatic rings. The Bertz CT molecular complexity index is 1150. The molecular weight excluding hydrogens is 372 g/mol. The summed E-state index contributed by atoms with van der Waals surface area (Å²) in [5, 5.41) is 0. The summed E-state index contributed by atoms with van der Waals surface area (Å²) in [6.45, 7) is 2.01. The van der Waals surface area contributed by atoms with Gasteiger partial charge in [0.15, 0.2) is 5.78 Å². The molecule has 144 valence electrons. The lowest BCUT2D eigenvalue weighted by Gasteiger charge is -2.09. The van der Waals surface area contributed by atoms with E-state index >= 15 is 0 Å². The van der Waals surface area contributed by atoms with Crippen LogP contribution in [0.3, 0.4) is 0 Å². The minimum atomic E-state index is -0.842. The Morgan fingerprint density at radius 3 is 2.31 bits per heavy atom. The summed E-state index contributed by atoms with van der Waals surface area (Å²) in [5.41, 5.74) is 4.11. The van der Waals surface area contributed by atoms with Crippen LogP contribution < -0.4 is 0 Å². The Hall–Kier alpha value is -3.60. The topological polar surface area (TPSA) is 43.1 Å². The lowest BCUT2D eigenvalue weighted by molar-refractivity contribution is 0.0985. The van der Waals surface area contributed by atoms with Gasteiger partial charge < -0.3 is 4.42 Å². The first-order valence-corrected chi connectivity index (χ1v) is 9.10. The minimum Gasteiger partial charge on any atom is -0.445 e. The number of hydrogen-bond donors (Lipinski definition) is 0. The second-order valence-corrected chi connectivity index (χ2v) is 6.76. The lowest BCUT2D eigenvalue weighted by atomic mass is 9.95. The summed E-state index contributed by atoms with van der Waals surface area (Å²) in [4.78, 5) is 16.5. The van der Waals surface area contributed by atoms with Crippen molar-refractivity contribution >= 4 is 5.78 Å². The summed E-state index contributed by atoms with van der Waals surface area (Å²) in [7, 11) is 0. The number of Topliss-reactive ketones (excluding diaryl/α,β-unsaturated/α-hetero) is 1. The monoisotopic (exact) mass is 389 g/mol. The molecule has 3 aromatic carbocycles. The Kier molecular flexibility index (Phi) is 5.04. The van der Waals surface area contributed by atoms with Gasteiger partial charge in [0, 0.05) is 12.0 Å². The van der Waals surface area contributed by atoms with Gasteiger partial charge in [-0.05, 0) is 53.4 Å². The molecule has 0 radical (unpaired) electrons. The van der Waals surface area contributed by atoms with Gasteiger partial charge >= 0.3 is 0 Å². The van der Waals surface area contributed by atoms with Gasteiger partial charge in [-0.2, -0.15) is 0 Å². The van der Waals surface area contributed by atoms with Gasteiger partial charge in [-0.1, -0.05) is 36.4 Å². The smallest absolute Gasteiger partial charge is 0.225 e. The Morgan fingerprint density at radius 2 is 1.66 bits per heavy atom. The minimum absolute atomic E-state index is 0.0759. The van der Waals surface area contributed by atoms with Crippen LogP contribution in [0.2, 0.25) is 0 Å². The van der Waals surface area contributed by atoms with Crippen LogP contribution in [-0.4, -0.2) is 10.8 Å². The molecule has 0 atom stereocenters. The van der Waals surface area contributed by atoms with Crippen LogP contribution in [0.4, 0.5) is 8.78 Å². The number of rotatable bonds is 5. The molecule has 5 heteroatoms. The maximum atomic E-state index is 13.8. The zero-order valence-electron chi connectivity index (χ0n) is 15.7. The van der Waals surface area contributed by atoms with Crippen molar-refractivity contribution in [1.29, 1.82) is 0 Å². The van der Waals surface area contributed by atoms with Gasteiger partial charge in [0.1, 0.15) is 17.9 Å². The molecule has 0 amide bonds. The highest BCUT2D eigenvalue weighted by atomic mass is 19.1. The van der Waals surface area contributed by atoms with Gasteiger partial charge in [-0.3, -0.25) is 4.79 Å². The molecule has 0 bridgehead atoms. The highest BCUT2D eigenvalue weighted by Gasteiger charge is 2.17. The third kappa shape index (κ3) is 3.85. The number of aryl methyl sites for hydroxylation is 1. The van der Waals surface area contributed by atoms with Crippen LogP contribution in [0.5, 0.6) is 0 Å². The zero-order chi connectivity index (χ0) is 20.4. The predicted octanol–water partition coefficient (Wildman–Crippen LogP) is 6.02. The van der Waals surface area contributed by atoms with Crippen molar-refractivity contribution in [3.05, 3.63) is 101 Å². The van der Waals surface area contributed by atoms with Gasteiger partial charge in [0.2, 0.25) is 5.89 Å². The maximum Gasteiger partial charge on any atom is 0.225 e.